The second kappa shape index (κ2) is 61.0. The number of hydrogen-bond donors (Lipinski definition) is 0. The van der Waals surface area contributed by atoms with E-state index in [0.29, 0.717) is 56.8 Å². The van der Waals surface area contributed by atoms with E-state index in [1.807, 2.05) is 0 Å². The summed E-state index contributed by atoms with van der Waals surface area (Å²) in [6, 6.07) is 0. The van der Waals surface area contributed by atoms with Crippen LogP contribution in [0.4, 0.5) is 0 Å². The zero-order valence-electron chi connectivity index (χ0n) is 52.4. The molecule has 3 atom stereocenters. The van der Waals surface area contributed by atoms with Crippen LogP contribution < -0.4 is 0 Å². The highest BCUT2D eigenvalue weighted by atomic mass is 16.5. The smallest absolute Gasteiger partial charge is 0.305 e. The minimum absolute atomic E-state index is 0.00492. The lowest BCUT2D eigenvalue weighted by molar-refractivity contribution is -0.146. The van der Waals surface area contributed by atoms with E-state index in [1.54, 1.807) is 0 Å². The molecule has 0 saturated carbocycles. The standard InChI is InChI=1S/C69H135NO6/c1-7-13-19-25-30-40-52-64(49-37-22-16-10-4)61-74-67(71)55-43-33-28-29-34-46-58-70(59-47-35-44-56-68(72)75-62-65(50-38-23-17-11-5)53-41-31-26-20-14-8-2)60-48-36-45-57-69(73)76-63-66(51-39-24-18-12-6)54-42-32-27-21-15-9-3/h64-66H,7-63H2,1-6H3. The predicted octanol–water partition coefficient (Wildman–Crippen LogP) is 21.8. The Hall–Kier alpha value is -1.63. The molecule has 0 rings (SSSR count). The molecule has 0 spiro atoms. The van der Waals surface area contributed by atoms with Gasteiger partial charge in [0.2, 0.25) is 0 Å². The number of carbonyl (C=O) groups is 3. The number of nitrogens with zero attached hydrogens (tertiary/aromatic N) is 1. The molecule has 0 aromatic heterocycles. The van der Waals surface area contributed by atoms with E-state index >= 15 is 0 Å². The van der Waals surface area contributed by atoms with Crippen LogP contribution in [0.1, 0.15) is 369 Å². The van der Waals surface area contributed by atoms with E-state index in [9.17, 15) is 14.4 Å². The summed E-state index contributed by atoms with van der Waals surface area (Å²) in [6.07, 6.45) is 60.8. The maximum Gasteiger partial charge on any atom is 0.305 e. The lowest BCUT2D eigenvalue weighted by Crippen LogP contribution is -2.27. The van der Waals surface area contributed by atoms with Crippen LogP contribution in [-0.4, -0.2) is 62.3 Å². The van der Waals surface area contributed by atoms with Crippen molar-refractivity contribution in [3.63, 3.8) is 0 Å². The van der Waals surface area contributed by atoms with Crippen molar-refractivity contribution >= 4 is 17.9 Å². The van der Waals surface area contributed by atoms with Crippen molar-refractivity contribution in [2.24, 2.45) is 17.8 Å². The Morgan fingerprint density at radius 3 is 0.684 bits per heavy atom. The second-order valence-corrected chi connectivity index (χ2v) is 24.2. The first-order valence-electron chi connectivity index (χ1n) is 34.5. The largest absolute Gasteiger partial charge is 0.465 e. The van der Waals surface area contributed by atoms with Crippen LogP contribution in [0.2, 0.25) is 0 Å². The van der Waals surface area contributed by atoms with Crippen LogP contribution in [-0.2, 0) is 28.6 Å². The summed E-state index contributed by atoms with van der Waals surface area (Å²) in [4.78, 5) is 41.2. The highest BCUT2D eigenvalue weighted by molar-refractivity contribution is 5.69. The first-order valence-corrected chi connectivity index (χ1v) is 34.5. The number of unbranched alkanes of at least 4 members (excludes halogenated alkanes) is 33. The Kier molecular flexibility index (Phi) is 59.7. The Balaban J connectivity index is 4.97. The van der Waals surface area contributed by atoms with Gasteiger partial charge >= 0.3 is 17.9 Å². The molecule has 0 radical (unpaired) electrons. The number of ether oxygens (including phenoxy) is 3. The monoisotopic (exact) mass is 1070 g/mol. The van der Waals surface area contributed by atoms with Crippen LogP contribution in [0.3, 0.4) is 0 Å². The lowest BCUT2D eigenvalue weighted by atomic mass is 9.95. The Morgan fingerprint density at radius 1 is 0.250 bits per heavy atom. The summed E-state index contributed by atoms with van der Waals surface area (Å²) in [5.74, 6) is 1.55. The van der Waals surface area contributed by atoms with Gasteiger partial charge in [-0.3, -0.25) is 14.4 Å². The third-order valence-electron chi connectivity index (χ3n) is 16.6. The highest BCUT2D eigenvalue weighted by Crippen LogP contribution is 2.23. The van der Waals surface area contributed by atoms with Crippen molar-refractivity contribution < 1.29 is 28.6 Å². The molecule has 7 nitrogen and oxygen atoms in total. The van der Waals surface area contributed by atoms with Crippen molar-refractivity contribution in [2.45, 2.75) is 369 Å². The van der Waals surface area contributed by atoms with Crippen molar-refractivity contribution in [3.05, 3.63) is 0 Å². The fraction of sp³-hybridized carbons (Fsp3) is 0.957. The van der Waals surface area contributed by atoms with Gasteiger partial charge in [-0.05, 0) is 114 Å². The molecule has 3 unspecified atom stereocenters. The topological polar surface area (TPSA) is 82.1 Å². The van der Waals surface area contributed by atoms with Crippen LogP contribution >= 0.6 is 0 Å². The SMILES string of the molecule is CCCCCCCCC(CCCCCC)COC(=O)CCCCCCCCN(CCCCCC(=O)OCC(CCCCCC)CCCCCCCC)CCCCCC(=O)OCC(CCCCCC)CCCCCCCC. The van der Waals surface area contributed by atoms with Crippen molar-refractivity contribution in [2.75, 3.05) is 39.5 Å². The van der Waals surface area contributed by atoms with Gasteiger partial charge in [0.1, 0.15) is 0 Å². The highest BCUT2D eigenvalue weighted by Gasteiger charge is 2.16. The maximum atomic E-state index is 12.9. The molecular weight excluding hydrogens is 939 g/mol. The third kappa shape index (κ3) is 54.3. The second-order valence-electron chi connectivity index (χ2n) is 24.2. The number of carbonyl (C=O) groups excluding carboxylic acids is 3. The number of rotatable bonds is 63. The average Bonchev–Trinajstić information content (AvgIpc) is 3.42. The zero-order valence-corrected chi connectivity index (χ0v) is 52.4. The summed E-state index contributed by atoms with van der Waals surface area (Å²) >= 11 is 0. The third-order valence-corrected chi connectivity index (χ3v) is 16.6. The molecule has 0 aromatic carbocycles. The van der Waals surface area contributed by atoms with Gasteiger partial charge in [0.15, 0.2) is 0 Å². The van der Waals surface area contributed by atoms with E-state index in [0.717, 1.165) is 71.0 Å². The number of hydrogen-bond acceptors (Lipinski definition) is 7. The van der Waals surface area contributed by atoms with Gasteiger partial charge in [-0.25, -0.2) is 0 Å². The lowest BCUT2D eigenvalue weighted by Gasteiger charge is -2.22. The molecule has 0 aliphatic heterocycles. The molecule has 76 heavy (non-hydrogen) atoms. The first kappa shape index (κ1) is 74.4. The molecule has 0 saturated heterocycles. The summed E-state index contributed by atoms with van der Waals surface area (Å²) in [7, 11) is 0. The van der Waals surface area contributed by atoms with Crippen molar-refractivity contribution in [1.82, 2.24) is 4.90 Å². The van der Waals surface area contributed by atoms with E-state index in [4.69, 9.17) is 14.2 Å². The summed E-state index contributed by atoms with van der Waals surface area (Å²) in [5.41, 5.74) is 0. The fourth-order valence-corrected chi connectivity index (χ4v) is 11.2. The van der Waals surface area contributed by atoms with Crippen molar-refractivity contribution in [3.8, 4) is 0 Å². The molecule has 0 aliphatic rings. The molecular formula is C69H135NO6. The van der Waals surface area contributed by atoms with Gasteiger partial charge < -0.3 is 19.1 Å². The Labute approximate surface area is 475 Å². The summed E-state index contributed by atoms with van der Waals surface area (Å²) in [5, 5.41) is 0. The van der Waals surface area contributed by atoms with Gasteiger partial charge in [0.25, 0.3) is 0 Å². The van der Waals surface area contributed by atoms with Gasteiger partial charge in [-0.1, -0.05) is 273 Å². The Bertz CT molecular complexity index is 1140. The Morgan fingerprint density at radius 2 is 0.434 bits per heavy atom. The van der Waals surface area contributed by atoms with Gasteiger partial charge in [-0.2, -0.15) is 0 Å². The van der Waals surface area contributed by atoms with Gasteiger partial charge in [0, 0.05) is 19.3 Å². The van der Waals surface area contributed by atoms with Crippen LogP contribution in [0.5, 0.6) is 0 Å². The predicted molar refractivity (Wildman–Crippen MR) is 329 cm³/mol. The molecule has 0 bridgehead atoms. The fourth-order valence-electron chi connectivity index (χ4n) is 11.2. The molecule has 0 heterocycles. The van der Waals surface area contributed by atoms with Gasteiger partial charge in [-0.15, -0.1) is 0 Å². The van der Waals surface area contributed by atoms with Crippen LogP contribution in [0.25, 0.3) is 0 Å². The molecule has 7 heteroatoms. The summed E-state index contributed by atoms with van der Waals surface area (Å²) in [6.45, 7) is 18.7. The van der Waals surface area contributed by atoms with Crippen LogP contribution in [0.15, 0.2) is 0 Å². The molecule has 0 fully saturated rings. The van der Waals surface area contributed by atoms with E-state index in [1.165, 1.54) is 257 Å². The minimum atomic E-state index is -0.00492. The quantitative estimate of drug-likeness (QED) is 0.0341. The van der Waals surface area contributed by atoms with E-state index < -0.39 is 0 Å². The normalized spacial score (nSPS) is 12.8. The van der Waals surface area contributed by atoms with E-state index in [-0.39, 0.29) is 17.9 Å². The van der Waals surface area contributed by atoms with E-state index in [2.05, 4.69) is 46.4 Å². The van der Waals surface area contributed by atoms with Gasteiger partial charge in [0.05, 0.1) is 19.8 Å². The van der Waals surface area contributed by atoms with Crippen LogP contribution in [0, 0.1) is 17.8 Å². The van der Waals surface area contributed by atoms with Crippen molar-refractivity contribution in [1.29, 1.82) is 0 Å². The maximum absolute atomic E-state index is 12.9. The molecule has 0 N–H and O–H groups in total. The molecule has 452 valence electrons. The average molecular weight is 1070 g/mol. The zero-order chi connectivity index (χ0) is 55.5. The molecule has 0 amide bonds. The minimum Gasteiger partial charge on any atom is -0.465 e. The first-order chi connectivity index (χ1) is 37.3. The number of esters is 3. The molecule has 0 aliphatic carbocycles. The molecule has 0 aromatic rings. The summed E-state index contributed by atoms with van der Waals surface area (Å²) < 4.78 is 17.7.